The van der Waals surface area contributed by atoms with Gasteiger partial charge in [-0.1, -0.05) is 70.8 Å². The lowest BCUT2D eigenvalue weighted by molar-refractivity contribution is -0.296. The second kappa shape index (κ2) is 19.5. The number of carboxylic acid groups (broad SMARTS) is 1. The number of nitrogens with one attached hydrogen (secondary N) is 1. The van der Waals surface area contributed by atoms with Crippen LogP contribution in [0, 0.1) is 27.7 Å². The molecule has 14 heteroatoms. The van der Waals surface area contributed by atoms with Crippen LogP contribution in [-0.2, 0) is 38.0 Å². The summed E-state index contributed by atoms with van der Waals surface area (Å²) in [7, 11) is 0. The van der Waals surface area contributed by atoms with Crippen molar-refractivity contribution in [3.05, 3.63) is 142 Å². The summed E-state index contributed by atoms with van der Waals surface area (Å²) < 4.78 is 35.8. The second-order valence-electron chi connectivity index (χ2n) is 13.5. The molecular formula is C43H43NO13. The van der Waals surface area contributed by atoms with Crippen LogP contribution in [0.1, 0.15) is 70.1 Å². The summed E-state index contributed by atoms with van der Waals surface area (Å²) in [6, 6.07) is 25.8. The number of benzene rings is 4. The molecule has 4 aromatic rings. The summed E-state index contributed by atoms with van der Waals surface area (Å²) in [5.74, 6) is -5.29. The zero-order valence-corrected chi connectivity index (χ0v) is 31.8. The van der Waals surface area contributed by atoms with Gasteiger partial charge in [0.15, 0.2) is 24.6 Å². The van der Waals surface area contributed by atoms with E-state index >= 15 is 0 Å². The quantitative estimate of drug-likeness (QED) is 0.120. The fourth-order valence-electron chi connectivity index (χ4n) is 5.64. The number of hydrogen-bond donors (Lipinski definition) is 2. The molecule has 1 aliphatic heterocycles. The standard InChI is InChI=1S/C43H43NO13/c1-25-5-13-29(14-6-25)39(48)52-23-33-36(55-40(49)30-15-7-26(2)8-16-30)37(56-41(50)31-17-9-27(3)10-18-31)38(57-42(51)32-19-11-28(4)12-20-32)43(54-33)53-24-34(45)44-22-21-35(46)47/h5-20,33,36-38,43H,21-24H2,1-4H3,(H,44,45)(H,46,47)/t33-,36-,37+,38+,43+/m1/s1. The number of carboxylic acids is 1. The average molecular weight is 782 g/mol. The van der Waals surface area contributed by atoms with E-state index < -0.39 is 79.7 Å². The average Bonchev–Trinajstić information content (AvgIpc) is 3.18. The van der Waals surface area contributed by atoms with Gasteiger partial charge in [0.1, 0.15) is 19.3 Å². The lowest BCUT2D eigenvalue weighted by Crippen LogP contribution is -2.63. The van der Waals surface area contributed by atoms with Crippen LogP contribution in [0.15, 0.2) is 97.1 Å². The van der Waals surface area contributed by atoms with Gasteiger partial charge in [0.2, 0.25) is 5.91 Å². The number of rotatable bonds is 15. The third-order valence-corrected chi connectivity index (χ3v) is 8.89. The molecule has 0 saturated carbocycles. The zero-order chi connectivity index (χ0) is 41.1. The van der Waals surface area contributed by atoms with Crippen LogP contribution in [0.25, 0.3) is 0 Å². The van der Waals surface area contributed by atoms with E-state index in [2.05, 4.69) is 5.32 Å². The van der Waals surface area contributed by atoms with Gasteiger partial charge in [0, 0.05) is 6.54 Å². The van der Waals surface area contributed by atoms with Crippen molar-refractivity contribution in [2.24, 2.45) is 0 Å². The number of esters is 4. The van der Waals surface area contributed by atoms with Crippen LogP contribution < -0.4 is 5.32 Å². The maximum atomic E-state index is 13.9. The Hall–Kier alpha value is -6.38. The lowest BCUT2D eigenvalue weighted by atomic mass is 9.97. The smallest absolute Gasteiger partial charge is 0.338 e. The highest BCUT2D eigenvalue weighted by molar-refractivity contribution is 5.92. The first kappa shape index (κ1) is 41.8. The van der Waals surface area contributed by atoms with Gasteiger partial charge in [0.05, 0.1) is 28.7 Å². The number of carbonyl (C=O) groups is 6. The van der Waals surface area contributed by atoms with Gasteiger partial charge in [-0.3, -0.25) is 9.59 Å². The molecule has 0 spiro atoms. The van der Waals surface area contributed by atoms with E-state index in [1.807, 2.05) is 27.7 Å². The van der Waals surface area contributed by atoms with Crippen LogP contribution in [0.4, 0.5) is 0 Å². The van der Waals surface area contributed by atoms with E-state index in [0.29, 0.717) is 0 Å². The van der Waals surface area contributed by atoms with Crippen LogP contribution >= 0.6 is 0 Å². The normalized spacial score (nSPS) is 18.8. The molecule has 0 aliphatic carbocycles. The third kappa shape index (κ3) is 11.8. The molecule has 1 saturated heterocycles. The highest BCUT2D eigenvalue weighted by atomic mass is 16.7. The van der Waals surface area contributed by atoms with Gasteiger partial charge < -0.3 is 38.8 Å². The molecule has 5 rings (SSSR count). The first-order valence-electron chi connectivity index (χ1n) is 18.1. The van der Waals surface area contributed by atoms with Gasteiger partial charge in [-0.25, -0.2) is 19.2 Å². The summed E-state index contributed by atoms with van der Waals surface area (Å²) >= 11 is 0. The minimum absolute atomic E-state index is 0.108. The molecule has 5 atom stereocenters. The van der Waals surface area contributed by atoms with Crippen molar-refractivity contribution in [3.63, 3.8) is 0 Å². The molecule has 0 aromatic heterocycles. The number of aliphatic carboxylic acids is 1. The van der Waals surface area contributed by atoms with Gasteiger partial charge in [0.25, 0.3) is 0 Å². The minimum Gasteiger partial charge on any atom is -0.481 e. The van der Waals surface area contributed by atoms with Crippen LogP contribution in [0.3, 0.4) is 0 Å². The molecule has 1 heterocycles. The van der Waals surface area contributed by atoms with Gasteiger partial charge in [-0.05, 0) is 76.2 Å². The number of ether oxygens (including phenoxy) is 6. The first-order chi connectivity index (χ1) is 27.3. The molecule has 1 fully saturated rings. The molecule has 57 heavy (non-hydrogen) atoms. The van der Waals surface area contributed by atoms with Crippen molar-refractivity contribution >= 4 is 35.8 Å². The molecule has 1 amide bonds. The van der Waals surface area contributed by atoms with Crippen LogP contribution in [-0.4, -0.2) is 91.3 Å². The molecule has 2 N–H and O–H groups in total. The summed E-state index contributed by atoms with van der Waals surface area (Å²) in [5, 5.41) is 11.4. The van der Waals surface area contributed by atoms with Crippen LogP contribution in [0.5, 0.6) is 0 Å². The predicted molar refractivity (Wildman–Crippen MR) is 202 cm³/mol. The Morgan fingerprint density at radius 3 is 1.37 bits per heavy atom. The Bertz CT molecular complexity index is 2040. The highest BCUT2D eigenvalue weighted by Gasteiger charge is 2.54. The maximum absolute atomic E-state index is 13.9. The van der Waals surface area contributed by atoms with Crippen molar-refractivity contribution in [1.29, 1.82) is 0 Å². The SMILES string of the molecule is Cc1ccc(C(=O)OC[C@H]2O[C@H](OCC(=O)NCCC(=O)O)[C@@H](OC(=O)c3ccc(C)cc3)[C@@H](OC(=O)c3ccc(C)cc3)[C@@H]2OC(=O)c2ccc(C)cc2)cc1. The molecule has 0 radical (unpaired) electrons. The highest BCUT2D eigenvalue weighted by Crippen LogP contribution is 2.32. The van der Waals surface area contributed by atoms with E-state index in [9.17, 15) is 28.8 Å². The topological polar surface area (TPSA) is 190 Å². The van der Waals surface area contributed by atoms with Crippen molar-refractivity contribution < 1.29 is 62.3 Å². The molecular weight excluding hydrogens is 738 g/mol. The monoisotopic (exact) mass is 781 g/mol. The van der Waals surface area contributed by atoms with E-state index in [1.165, 1.54) is 36.4 Å². The van der Waals surface area contributed by atoms with Crippen LogP contribution in [0.2, 0.25) is 0 Å². The Morgan fingerprint density at radius 2 is 0.947 bits per heavy atom. The van der Waals surface area contributed by atoms with E-state index in [4.69, 9.17) is 33.5 Å². The number of aryl methyl sites for hydroxylation is 4. The molecule has 0 unspecified atom stereocenters. The summed E-state index contributed by atoms with van der Waals surface area (Å²) in [5.41, 5.74) is 4.05. The second-order valence-corrected chi connectivity index (χ2v) is 13.5. The number of carbonyl (C=O) groups excluding carboxylic acids is 5. The maximum Gasteiger partial charge on any atom is 0.338 e. The van der Waals surface area contributed by atoms with Crippen molar-refractivity contribution in [1.82, 2.24) is 5.32 Å². The van der Waals surface area contributed by atoms with E-state index in [1.54, 1.807) is 60.7 Å². The fraction of sp³-hybridized carbons (Fsp3) is 0.302. The Labute approximate surface area is 329 Å². The summed E-state index contributed by atoms with van der Waals surface area (Å²) in [4.78, 5) is 78.3. The molecule has 0 bridgehead atoms. The van der Waals surface area contributed by atoms with E-state index in [-0.39, 0.29) is 35.2 Å². The summed E-state index contributed by atoms with van der Waals surface area (Å²) in [6.45, 7) is 5.82. The van der Waals surface area contributed by atoms with Gasteiger partial charge in [-0.2, -0.15) is 0 Å². The molecule has 1 aliphatic rings. The van der Waals surface area contributed by atoms with Crippen molar-refractivity contribution in [2.75, 3.05) is 19.8 Å². The fourth-order valence-corrected chi connectivity index (χ4v) is 5.64. The molecule has 14 nitrogen and oxygen atoms in total. The predicted octanol–water partition coefficient (Wildman–Crippen LogP) is 5.09. The van der Waals surface area contributed by atoms with Gasteiger partial charge >= 0.3 is 29.8 Å². The Morgan fingerprint density at radius 1 is 0.561 bits per heavy atom. The zero-order valence-electron chi connectivity index (χ0n) is 31.8. The minimum atomic E-state index is -1.70. The third-order valence-electron chi connectivity index (χ3n) is 8.89. The first-order valence-corrected chi connectivity index (χ1v) is 18.1. The number of hydrogen-bond acceptors (Lipinski definition) is 12. The molecule has 298 valence electrons. The number of amides is 1. The van der Waals surface area contributed by atoms with E-state index in [0.717, 1.165) is 22.3 Å². The summed E-state index contributed by atoms with van der Waals surface area (Å²) in [6.07, 6.45) is -8.46. The van der Waals surface area contributed by atoms with Crippen molar-refractivity contribution in [2.45, 2.75) is 64.8 Å². The molecule has 4 aromatic carbocycles. The lowest BCUT2D eigenvalue weighted by Gasteiger charge is -2.44. The van der Waals surface area contributed by atoms with Crippen molar-refractivity contribution in [3.8, 4) is 0 Å². The van der Waals surface area contributed by atoms with Gasteiger partial charge in [-0.15, -0.1) is 0 Å². The largest absolute Gasteiger partial charge is 0.481 e. The Kier molecular flexibility index (Phi) is 14.3. The Balaban J connectivity index is 1.55.